The molecule has 4 rings (SSSR count). The van der Waals surface area contributed by atoms with Gasteiger partial charge in [0.2, 0.25) is 0 Å². The molecule has 0 spiro atoms. The van der Waals surface area contributed by atoms with Crippen LogP contribution < -0.4 is 0 Å². The van der Waals surface area contributed by atoms with E-state index in [4.69, 9.17) is 9.47 Å². The summed E-state index contributed by atoms with van der Waals surface area (Å²) in [6, 6.07) is 6.09. The highest BCUT2D eigenvalue weighted by Gasteiger charge is 2.68. The molecule has 5 heteroatoms. The third-order valence-electron chi connectivity index (χ3n) is 7.41. The molecule has 148 valence electrons. The molecule has 5 nitrogen and oxygen atoms in total. The highest BCUT2D eigenvalue weighted by molar-refractivity contribution is 5.89. The van der Waals surface area contributed by atoms with Crippen LogP contribution in [0.1, 0.15) is 63.7 Å². The molecule has 2 aliphatic carbocycles. The zero-order valence-electron chi connectivity index (χ0n) is 16.6. The van der Waals surface area contributed by atoms with Crippen molar-refractivity contribution >= 4 is 5.97 Å². The fraction of sp³-hybridized carbons (Fsp3) is 0.682. The number of hydrogen-bond donors (Lipinski definition) is 2. The van der Waals surface area contributed by atoms with Crippen LogP contribution in [0.4, 0.5) is 0 Å². The molecule has 0 aromatic heterocycles. The molecule has 3 aliphatic rings. The standard InChI is InChI=1S/C22H30O5/c1-13(2)22(25)10-9-20(3)12-17-21(4,27-17)11-16(18(20)22)26-19(24)14-5-7-15(23)8-6-14/h5-8,13,16-18,23,25H,9-12H2,1-4H3/t16?,17-,18+,20+,21+,22+/m0/s1. The Hall–Kier alpha value is -1.59. The van der Waals surface area contributed by atoms with Crippen molar-refractivity contribution in [3.63, 3.8) is 0 Å². The van der Waals surface area contributed by atoms with E-state index in [0.717, 1.165) is 19.3 Å². The van der Waals surface area contributed by atoms with Crippen molar-refractivity contribution in [1.82, 2.24) is 0 Å². The van der Waals surface area contributed by atoms with Crippen molar-refractivity contribution in [3.8, 4) is 5.75 Å². The van der Waals surface area contributed by atoms with Crippen LogP contribution in [0.5, 0.6) is 5.75 Å². The Morgan fingerprint density at radius 1 is 1.19 bits per heavy atom. The Balaban J connectivity index is 1.67. The third-order valence-corrected chi connectivity index (χ3v) is 7.41. The maximum absolute atomic E-state index is 12.8. The van der Waals surface area contributed by atoms with Crippen molar-refractivity contribution in [2.24, 2.45) is 17.3 Å². The van der Waals surface area contributed by atoms with Crippen LogP contribution in [0, 0.1) is 17.3 Å². The van der Waals surface area contributed by atoms with Gasteiger partial charge in [-0.15, -0.1) is 0 Å². The topological polar surface area (TPSA) is 79.3 Å². The largest absolute Gasteiger partial charge is 0.508 e. The van der Waals surface area contributed by atoms with Gasteiger partial charge in [0.1, 0.15) is 11.9 Å². The Labute approximate surface area is 160 Å². The molecule has 1 aromatic rings. The molecule has 2 saturated carbocycles. The number of fused-ring (bicyclic) bond motifs is 2. The Kier molecular flexibility index (Phi) is 4.13. The molecule has 1 saturated heterocycles. The number of benzene rings is 1. The Morgan fingerprint density at radius 2 is 1.85 bits per heavy atom. The summed E-state index contributed by atoms with van der Waals surface area (Å²) in [5, 5.41) is 21.0. The van der Waals surface area contributed by atoms with Gasteiger partial charge in [0, 0.05) is 12.3 Å². The summed E-state index contributed by atoms with van der Waals surface area (Å²) in [5.74, 6) is -0.329. The smallest absolute Gasteiger partial charge is 0.338 e. The molecule has 1 heterocycles. The van der Waals surface area contributed by atoms with E-state index in [1.807, 2.05) is 0 Å². The average Bonchev–Trinajstić information content (AvgIpc) is 3.12. The summed E-state index contributed by atoms with van der Waals surface area (Å²) >= 11 is 0. The lowest BCUT2D eigenvalue weighted by molar-refractivity contribution is -0.120. The van der Waals surface area contributed by atoms with E-state index in [2.05, 4.69) is 27.7 Å². The highest BCUT2D eigenvalue weighted by atomic mass is 16.6. The summed E-state index contributed by atoms with van der Waals surface area (Å²) in [7, 11) is 0. The number of hydrogen-bond acceptors (Lipinski definition) is 5. The molecular formula is C22H30O5. The van der Waals surface area contributed by atoms with E-state index in [1.54, 1.807) is 12.1 Å². The van der Waals surface area contributed by atoms with Crippen LogP contribution in [-0.2, 0) is 9.47 Å². The first-order valence-electron chi connectivity index (χ1n) is 9.98. The lowest BCUT2D eigenvalue weighted by atomic mass is 9.67. The number of carbonyl (C=O) groups is 1. The molecule has 2 N–H and O–H groups in total. The number of esters is 1. The lowest BCUT2D eigenvalue weighted by Gasteiger charge is -2.44. The summed E-state index contributed by atoms with van der Waals surface area (Å²) < 4.78 is 12.0. The molecule has 0 amide bonds. The predicted molar refractivity (Wildman–Crippen MR) is 100 cm³/mol. The third kappa shape index (κ3) is 2.95. The van der Waals surface area contributed by atoms with Crippen LogP contribution in [0.25, 0.3) is 0 Å². The quantitative estimate of drug-likeness (QED) is 0.623. The maximum atomic E-state index is 12.8. The van der Waals surface area contributed by atoms with Crippen molar-refractivity contribution in [3.05, 3.63) is 29.8 Å². The van der Waals surface area contributed by atoms with Gasteiger partial charge in [-0.05, 0) is 61.8 Å². The second kappa shape index (κ2) is 5.95. The summed E-state index contributed by atoms with van der Waals surface area (Å²) in [5.41, 5.74) is -0.826. The average molecular weight is 374 g/mol. The number of phenolic OH excluding ortho intramolecular Hbond substituents is 1. The number of epoxide rings is 1. The molecule has 1 aromatic carbocycles. The number of aromatic hydroxyl groups is 1. The van der Waals surface area contributed by atoms with Crippen LogP contribution in [0.3, 0.4) is 0 Å². The molecule has 1 unspecified atom stereocenters. The van der Waals surface area contributed by atoms with Gasteiger partial charge in [-0.25, -0.2) is 4.79 Å². The van der Waals surface area contributed by atoms with Gasteiger partial charge in [-0.2, -0.15) is 0 Å². The van der Waals surface area contributed by atoms with E-state index in [-0.39, 0.29) is 34.7 Å². The van der Waals surface area contributed by atoms with Gasteiger partial charge in [-0.1, -0.05) is 20.8 Å². The van der Waals surface area contributed by atoms with Crippen LogP contribution in [0.2, 0.25) is 0 Å². The first-order valence-corrected chi connectivity index (χ1v) is 9.98. The van der Waals surface area contributed by atoms with E-state index in [1.165, 1.54) is 12.1 Å². The number of carbonyl (C=O) groups excluding carboxylic acids is 1. The second-order valence-electron chi connectivity index (χ2n) is 9.60. The first kappa shape index (κ1) is 18.8. The minimum absolute atomic E-state index is 0.0855. The first-order chi connectivity index (χ1) is 12.6. The number of phenols is 1. The normalized spacial score (nSPS) is 43.0. The SMILES string of the molecule is CC(C)[C@]1(O)CC[C@]2(C)C[C@@H]3O[C@]3(C)CC(OC(=O)c3ccc(O)cc3)[C@H]21. The highest BCUT2D eigenvalue weighted by Crippen LogP contribution is 2.63. The monoisotopic (exact) mass is 374 g/mol. The predicted octanol–water partition coefficient (Wildman–Crippen LogP) is 3.67. The summed E-state index contributed by atoms with van der Waals surface area (Å²) in [6.07, 6.45) is 2.92. The van der Waals surface area contributed by atoms with E-state index >= 15 is 0 Å². The van der Waals surface area contributed by atoms with Crippen LogP contribution in [-0.4, -0.2) is 39.6 Å². The van der Waals surface area contributed by atoms with E-state index in [0.29, 0.717) is 12.0 Å². The van der Waals surface area contributed by atoms with Crippen molar-refractivity contribution in [1.29, 1.82) is 0 Å². The van der Waals surface area contributed by atoms with E-state index in [9.17, 15) is 15.0 Å². The zero-order valence-corrected chi connectivity index (χ0v) is 16.6. The van der Waals surface area contributed by atoms with Crippen molar-refractivity contribution < 1.29 is 24.5 Å². The molecule has 3 fully saturated rings. The van der Waals surface area contributed by atoms with Crippen molar-refractivity contribution in [2.75, 3.05) is 0 Å². The fourth-order valence-corrected chi connectivity index (χ4v) is 5.63. The van der Waals surface area contributed by atoms with Gasteiger partial charge in [0.15, 0.2) is 0 Å². The summed E-state index contributed by atoms with van der Waals surface area (Å²) in [4.78, 5) is 12.8. The minimum Gasteiger partial charge on any atom is -0.508 e. The zero-order chi connectivity index (χ0) is 19.6. The molecule has 0 radical (unpaired) electrons. The summed E-state index contributed by atoms with van der Waals surface area (Å²) in [6.45, 7) is 8.40. The number of aliphatic hydroxyl groups is 1. The maximum Gasteiger partial charge on any atom is 0.338 e. The number of rotatable bonds is 3. The van der Waals surface area contributed by atoms with Gasteiger partial charge in [0.05, 0.1) is 22.9 Å². The Bertz CT molecular complexity index is 744. The fourth-order valence-electron chi connectivity index (χ4n) is 5.63. The lowest BCUT2D eigenvalue weighted by Crippen LogP contribution is -2.50. The molecular weight excluding hydrogens is 344 g/mol. The van der Waals surface area contributed by atoms with Gasteiger partial charge in [-0.3, -0.25) is 0 Å². The van der Waals surface area contributed by atoms with Gasteiger partial charge < -0.3 is 19.7 Å². The minimum atomic E-state index is -0.845. The molecule has 1 aliphatic heterocycles. The van der Waals surface area contributed by atoms with Gasteiger partial charge in [0.25, 0.3) is 0 Å². The molecule has 6 atom stereocenters. The van der Waals surface area contributed by atoms with Crippen molar-refractivity contribution in [2.45, 2.75) is 76.8 Å². The van der Waals surface area contributed by atoms with Gasteiger partial charge >= 0.3 is 5.97 Å². The van der Waals surface area contributed by atoms with E-state index < -0.39 is 17.7 Å². The molecule has 0 bridgehead atoms. The Morgan fingerprint density at radius 3 is 2.48 bits per heavy atom. The second-order valence-corrected chi connectivity index (χ2v) is 9.60. The van der Waals surface area contributed by atoms with Crippen LogP contribution >= 0.6 is 0 Å². The van der Waals surface area contributed by atoms with Crippen LogP contribution in [0.15, 0.2) is 24.3 Å². The number of ether oxygens (including phenoxy) is 2. The molecule has 27 heavy (non-hydrogen) atoms.